The Morgan fingerprint density at radius 3 is 2.61 bits per heavy atom. The fourth-order valence-corrected chi connectivity index (χ4v) is 4.72. The number of carbonyl (C=O) groups excluding carboxylic acids is 1. The van der Waals surface area contributed by atoms with Gasteiger partial charge >= 0.3 is 0 Å². The van der Waals surface area contributed by atoms with Gasteiger partial charge in [-0.25, -0.2) is 4.99 Å². The van der Waals surface area contributed by atoms with Gasteiger partial charge in [-0.2, -0.15) is 0 Å². The van der Waals surface area contributed by atoms with Crippen LogP contribution >= 0.6 is 0 Å². The molecule has 1 aliphatic heterocycles. The van der Waals surface area contributed by atoms with Crippen molar-refractivity contribution in [1.29, 1.82) is 0 Å². The Morgan fingerprint density at radius 1 is 1.14 bits per heavy atom. The highest BCUT2D eigenvalue weighted by Gasteiger charge is 2.21. The van der Waals surface area contributed by atoms with Gasteiger partial charge in [-0.1, -0.05) is 49.7 Å². The maximum atomic E-state index is 13.2. The smallest absolute Gasteiger partial charge is 0.250 e. The summed E-state index contributed by atoms with van der Waals surface area (Å²) in [4.78, 5) is 19.7. The second-order valence-electron chi connectivity index (χ2n) is 9.91. The highest BCUT2D eigenvalue weighted by molar-refractivity contribution is 6.05. The number of benzene rings is 2. The molecule has 6 nitrogen and oxygen atoms in total. The predicted molar refractivity (Wildman–Crippen MR) is 146 cm³/mol. The summed E-state index contributed by atoms with van der Waals surface area (Å²) in [7, 11) is 0. The van der Waals surface area contributed by atoms with Gasteiger partial charge in [0.15, 0.2) is 0 Å². The number of hydrogen-bond donors (Lipinski definition) is 2. The number of nitrogens with zero attached hydrogens (tertiary/aromatic N) is 2. The zero-order valence-electron chi connectivity index (χ0n) is 21.4. The van der Waals surface area contributed by atoms with E-state index in [2.05, 4.69) is 35.3 Å². The Labute approximate surface area is 214 Å². The van der Waals surface area contributed by atoms with Crippen LogP contribution in [0.2, 0.25) is 0 Å². The molecule has 0 atom stereocenters. The second-order valence-corrected chi connectivity index (χ2v) is 9.91. The summed E-state index contributed by atoms with van der Waals surface area (Å²) in [6.45, 7) is 4.97. The maximum absolute atomic E-state index is 13.2. The number of aliphatic hydroxyl groups is 1. The summed E-state index contributed by atoms with van der Waals surface area (Å²) in [5.74, 6) is 1.18. The monoisotopic (exact) mass is 489 g/mol. The van der Waals surface area contributed by atoms with Gasteiger partial charge in [-0.15, -0.1) is 0 Å². The number of aliphatic imine (C=N–C) groups is 1. The Bertz CT molecular complexity index is 1090. The molecule has 1 aliphatic carbocycles. The number of amides is 1. The van der Waals surface area contributed by atoms with Crippen LogP contribution < -0.4 is 5.73 Å². The average Bonchev–Trinajstić information content (AvgIpc) is 3.02. The Kier molecular flexibility index (Phi) is 9.31. The molecule has 0 saturated heterocycles. The summed E-state index contributed by atoms with van der Waals surface area (Å²) >= 11 is 0. The van der Waals surface area contributed by atoms with Gasteiger partial charge in [0.1, 0.15) is 5.84 Å². The predicted octanol–water partition coefficient (Wildman–Crippen LogP) is 5.11. The van der Waals surface area contributed by atoms with Gasteiger partial charge in [0.05, 0.1) is 12.3 Å². The van der Waals surface area contributed by atoms with E-state index in [1.165, 1.54) is 24.8 Å². The van der Waals surface area contributed by atoms with E-state index in [1.54, 1.807) is 4.90 Å². The first-order valence-corrected chi connectivity index (χ1v) is 13.3. The van der Waals surface area contributed by atoms with Gasteiger partial charge in [0.2, 0.25) is 5.91 Å². The minimum Gasteiger partial charge on any atom is -0.396 e. The number of aliphatic hydroxyl groups excluding tert-OH is 1. The average molecular weight is 490 g/mol. The maximum Gasteiger partial charge on any atom is 0.250 e. The Hall–Kier alpha value is -2.96. The van der Waals surface area contributed by atoms with E-state index in [4.69, 9.17) is 10.5 Å². The number of fused-ring (bicyclic) bond motifs is 1. The van der Waals surface area contributed by atoms with E-state index < -0.39 is 0 Å². The van der Waals surface area contributed by atoms with Crippen molar-refractivity contribution in [3.05, 3.63) is 59.2 Å². The zero-order valence-corrected chi connectivity index (χ0v) is 21.4. The molecule has 2 aromatic carbocycles. The molecule has 4 rings (SSSR count). The molecule has 1 heterocycles. The molecular formula is C30H39N3O3. The summed E-state index contributed by atoms with van der Waals surface area (Å²) in [5, 5.41) is 9.21. The zero-order chi connectivity index (χ0) is 25.3. The Balaban J connectivity index is 1.45. The normalized spacial score (nSPS) is 15.4. The third-order valence-corrected chi connectivity index (χ3v) is 7.04. The SMILES string of the molecule is CCCN(CCCO)C(=O)C1=Cc2ccc(-c3ccc(CCOCC4CCC4)cc3)cc2N=C(N)C1. The van der Waals surface area contributed by atoms with Gasteiger partial charge in [-0.3, -0.25) is 4.79 Å². The molecule has 1 amide bonds. The van der Waals surface area contributed by atoms with Crippen molar-refractivity contribution in [2.24, 2.45) is 16.6 Å². The number of hydrogen-bond acceptors (Lipinski definition) is 5. The van der Waals surface area contributed by atoms with Crippen LogP contribution in [0.5, 0.6) is 0 Å². The number of carbonyl (C=O) groups is 1. The third kappa shape index (κ3) is 6.83. The van der Waals surface area contributed by atoms with Crippen molar-refractivity contribution in [2.75, 3.05) is 32.9 Å². The van der Waals surface area contributed by atoms with Crippen LogP contribution in [0.4, 0.5) is 5.69 Å². The molecule has 0 bridgehead atoms. The number of amidine groups is 1. The molecule has 0 radical (unpaired) electrons. The highest BCUT2D eigenvalue weighted by Crippen LogP contribution is 2.32. The molecule has 1 saturated carbocycles. The molecule has 0 spiro atoms. The van der Waals surface area contributed by atoms with Crippen molar-refractivity contribution < 1.29 is 14.6 Å². The summed E-state index contributed by atoms with van der Waals surface area (Å²) in [6, 6.07) is 14.7. The Morgan fingerprint density at radius 2 is 1.92 bits per heavy atom. The fourth-order valence-electron chi connectivity index (χ4n) is 4.72. The molecule has 192 valence electrons. The van der Waals surface area contributed by atoms with Crippen molar-refractivity contribution in [3.63, 3.8) is 0 Å². The lowest BCUT2D eigenvalue weighted by atomic mass is 9.86. The molecule has 3 N–H and O–H groups in total. The van der Waals surface area contributed by atoms with E-state index in [0.29, 0.717) is 37.3 Å². The molecular weight excluding hydrogens is 450 g/mol. The summed E-state index contributed by atoms with van der Waals surface area (Å²) in [6.07, 6.45) is 8.58. The molecule has 1 fully saturated rings. The van der Waals surface area contributed by atoms with E-state index in [1.807, 2.05) is 25.1 Å². The van der Waals surface area contributed by atoms with Crippen molar-refractivity contribution in [1.82, 2.24) is 4.90 Å². The first-order chi connectivity index (χ1) is 17.6. The van der Waals surface area contributed by atoms with Crippen LogP contribution in [0.25, 0.3) is 17.2 Å². The van der Waals surface area contributed by atoms with Gasteiger partial charge in [0.25, 0.3) is 0 Å². The van der Waals surface area contributed by atoms with Crippen LogP contribution in [-0.4, -0.2) is 54.7 Å². The van der Waals surface area contributed by atoms with Crippen LogP contribution in [0.15, 0.2) is 53.0 Å². The lowest BCUT2D eigenvalue weighted by molar-refractivity contribution is -0.127. The molecule has 36 heavy (non-hydrogen) atoms. The third-order valence-electron chi connectivity index (χ3n) is 7.04. The van der Waals surface area contributed by atoms with E-state index >= 15 is 0 Å². The number of ether oxygens (including phenoxy) is 1. The second kappa shape index (κ2) is 12.8. The molecule has 6 heteroatoms. The standard InChI is InChI=1S/C30H39N3O3/c1-2-14-33(15-4-16-34)30(35)27-18-26-12-11-25(19-28(26)32-29(31)20-27)24-9-7-22(8-10-24)13-17-36-21-23-5-3-6-23/h7-12,18-19,23,34H,2-6,13-17,20-21H2,1H3,(H2,31,32). The lowest BCUT2D eigenvalue weighted by Gasteiger charge is -2.24. The molecule has 0 aromatic heterocycles. The van der Waals surface area contributed by atoms with Crippen LogP contribution in [-0.2, 0) is 16.0 Å². The summed E-state index contributed by atoms with van der Waals surface area (Å²) < 4.78 is 5.84. The number of rotatable bonds is 12. The van der Waals surface area contributed by atoms with Gasteiger partial charge in [0, 0.05) is 43.9 Å². The first kappa shape index (κ1) is 26.1. The van der Waals surface area contributed by atoms with Crippen molar-refractivity contribution in [3.8, 4) is 11.1 Å². The molecule has 0 unspecified atom stereocenters. The quantitative estimate of drug-likeness (QED) is 0.406. The van der Waals surface area contributed by atoms with Crippen LogP contribution in [0.1, 0.15) is 56.6 Å². The number of nitrogens with two attached hydrogens (primary N) is 1. The van der Waals surface area contributed by atoms with Crippen molar-refractivity contribution in [2.45, 2.75) is 51.9 Å². The highest BCUT2D eigenvalue weighted by atomic mass is 16.5. The van der Waals surface area contributed by atoms with Crippen LogP contribution in [0, 0.1) is 5.92 Å². The van der Waals surface area contributed by atoms with Gasteiger partial charge < -0.3 is 20.5 Å². The van der Waals surface area contributed by atoms with E-state index in [-0.39, 0.29) is 12.5 Å². The summed E-state index contributed by atoms with van der Waals surface area (Å²) in [5.41, 5.74) is 12.0. The molecule has 2 aromatic rings. The first-order valence-electron chi connectivity index (χ1n) is 13.3. The van der Waals surface area contributed by atoms with Crippen molar-refractivity contribution >= 4 is 23.5 Å². The van der Waals surface area contributed by atoms with Crippen LogP contribution in [0.3, 0.4) is 0 Å². The minimum atomic E-state index is -0.0346. The largest absolute Gasteiger partial charge is 0.396 e. The van der Waals surface area contributed by atoms with Gasteiger partial charge in [-0.05, 0) is 66.9 Å². The lowest BCUT2D eigenvalue weighted by Crippen LogP contribution is -2.35. The topological polar surface area (TPSA) is 88.1 Å². The van der Waals surface area contributed by atoms with E-state index in [0.717, 1.165) is 54.4 Å². The molecule has 2 aliphatic rings. The van der Waals surface area contributed by atoms with E-state index in [9.17, 15) is 9.90 Å². The fraction of sp³-hybridized carbons (Fsp3) is 0.467. The minimum absolute atomic E-state index is 0.0346.